The summed E-state index contributed by atoms with van der Waals surface area (Å²) < 4.78 is 14.0. The van der Waals surface area contributed by atoms with Crippen molar-refractivity contribution in [2.75, 3.05) is 6.61 Å². The summed E-state index contributed by atoms with van der Waals surface area (Å²) in [5.41, 5.74) is 1.65. The van der Waals surface area contributed by atoms with Crippen LogP contribution in [0.5, 0.6) is 11.5 Å². The second-order valence-corrected chi connectivity index (χ2v) is 10.6. The Balaban J connectivity index is 1.69. The van der Waals surface area contributed by atoms with Crippen LogP contribution in [0.1, 0.15) is 44.6 Å². The predicted octanol–water partition coefficient (Wildman–Crippen LogP) is 6.97. The molecule has 0 aliphatic rings. The molecule has 36 heavy (non-hydrogen) atoms. The third-order valence-electron chi connectivity index (χ3n) is 5.41. The van der Waals surface area contributed by atoms with Gasteiger partial charge in [0.25, 0.3) is 5.56 Å². The van der Waals surface area contributed by atoms with Crippen molar-refractivity contribution in [3.05, 3.63) is 97.5 Å². The fraction of sp³-hybridized carbons (Fsp3) is 0.250. The van der Waals surface area contributed by atoms with Crippen LogP contribution < -0.4 is 15.0 Å². The van der Waals surface area contributed by atoms with E-state index >= 15 is 0 Å². The number of benzene rings is 3. The van der Waals surface area contributed by atoms with E-state index in [0.717, 1.165) is 15.6 Å². The fourth-order valence-electron chi connectivity index (χ4n) is 3.63. The van der Waals surface area contributed by atoms with Crippen LogP contribution >= 0.6 is 27.5 Å². The molecule has 0 radical (unpaired) electrons. The molecule has 0 spiro atoms. The van der Waals surface area contributed by atoms with E-state index < -0.39 is 5.41 Å². The fourth-order valence-corrected chi connectivity index (χ4v) is 4.18. The standard InChI is InChI=1S/C28H27BrClN3O3/c1-5-35-25-14-18(10-13-24(25)36-17-19-8-6-7-9-22(19)30)16-31-33-26(34)21-15-20(29)11-12-23(21)32-27(33)28(2,3)4/h6-16H,5,17H2,1-4H3. The van der Waals surface area contributed by atoms with Crippen LogP contribution in [0.4, 0.5) is 0 Å². The molecule has 3 aromatic carbocycles. The van der Waals surface area contributed by atoms with Gasteiger partial charge in [0, 0.05) is 20.5 Å². The maximum atomic E-state index is 13.4. The van der Waals surface area contributed by atoms with Crippen molar-refractivity contribution in [1.29, 1.82) is 0 Å². The lowest BCUT2D eigenvalue weighted by molar-refractivity contribution is 0.269. The van der Waals surface area contributed by atoms with Gasteiger partial charge in [0.2, 0.25) is 0 Å². The maximum absolute atomic E-state index is 13.4. The Kier molecular flexibility index (Phi) is 7.81. The highest BCUT2D eigenvalue weighted by Gasteiger charge is 2.23. The second-order valence-electron chi connectivity index (χ2n) is 9.23. The van der Waals surface area contributed by atoms with Crippen LogP contribution in [0.3, 0.4) is 0 Å². The minimum absolute atomic E-state index is 0.229. The van der Waals surface area contributed by atoms with Crippen LogP contribution in [-0.4, -0.2) is 22.5 Å². The Hall–Kier alpha value is -3.16. The molecule has 0 N–H and O–H groups in total. The van der Waals surface area contributed by atoms with E-state index in [0.29, 0.717) is 46.5 Å². The molecule has 8 heteroatoms. The SMILES string of the molecule is CCOc1cc(C=Nn2c(C(C)(C)C)nc3ccc(Br)cc3c2=O)ccc1OCc1ccccc1Cl. The first-order valence-corrected chi connectivity index (χ1v) is 12.7. The smallest absolute Gasteiger partial charge is 0.282 e. The summed E-state index contributed by atoms with van der Waals surface area (Å²) in [4.78, 5) is 18.1. The van der Waals surface area contributed by atoms with Gasteiger partial charge < -0.3 is 9.47 Å². The topological polar surface area (TPSA) is 65.7 Å². The normalized spacial score (nSPS) is 11.8. The number of ether oxygens (including phenoxy) is 2. The first kappa shape index (κ1) is 25.9. The first-order chi connectivity index (χ1) is 17.2. The molecule has 0 bridgehead atoms. The molecule has 1 aromatic heterocycles. The Morgan fingerprint density at radius 3 is 2.56 bits per heavy atom. The lowest BCUT2D eigenvalue weighted by Gasteiger charge is -2.21. The van der Waals surface area contributed by atoms with Gasteiger partial charge in [-0.25, -0.2) is 4.98 Å². The van der Waals surface area contributed by atoms with Crippen LogP contribution in [-0.2, 0) is 12.0 Å². The molecule has 0 saturated carbocycles. The molecule has 0 unspecified atom stereocenters. The van der Waals surface area contributed by atoms with Gasteiger partial charge in [0.05, 0.1) is 23.7 Å². The van der Waals surface area contributed by atoms with Crippen molar-refractivity contribution >= 4 is 44.6 Å². The van der Waals surface area contributed by atoms with Crippen LogP contribution in [0.25, 0.3) is 10.9 Å². The van der Waals surface area contributed by atoms with Crippen molar-refractivity contribution in [2.24, 2.45) is 5.10 Å². The highest BCUT2D eigenvalue weighted by molar-refractivity contribution is 9.10. The van der Waals surface area contributed by atoms with Crippen molar-refractivity contribution in [3.63, 3.8) is 0 Å². The van der Waals surface area contributed by atoms with Gasteiger partial charge in [-0.2, -0.15) is 9.78 Å². The van der Waals surface area contributed by atoms with E-state index in [-0.39, 0.29) is 5.56 Å². The quantitative estimate of drug-likeness (QED) is 0.226. The van der Waals surface area contributed by atoms with Crippen molar-refractivity contribution in [2.45, 2.75) is 39.7 Å². The number of fused-ring (bicyclic) bond motifs is 1. The van der Waals surface area contributed by atoms with Gasteiger partial charge in [-0.05, 0) is 55.0 Å². The third-order valence-corrected chi connectivity index (χ3v) is 6.27. The molecule has 0 amide bonds. The van der Waals surface area contributed by atoms with E-state index in [1.165, 1.54) is 4.68 Å². The largest absolute Gasteiger partial charge is 0.490 e. The number of hydrogen-bond donors (Lipinski definition) is 0. The monoisotopic (exact) mass is 567 g/mol. The maximum Gasteiger partial charge on any atom is 0.282 e. The van der Waals surface area contributed by atoms with Gasteiger partial charge >= 0.3 is 0 Å². The van der Waals surface area contributed by atoms with Crippen LogP contribution in [0, 0.1) is 0 Å². The third kappa shape index (κ3) is 5.79. The van der Waals surface area contributed by atoms with Gasteiger partial charge in [-0.1, -0.05) is 66.5 Å². The summed E-state index contributed by atoms with van der Waals surface area (Å²) in [5, 5.41) is 5.69. The molecule has 4 aromatic rings. The predicted molar refractivity (Wildman–Crippen MR) is 149 cm³/mol. The second kappa shape index (κ2) is 10.8. The summed E-state index contributed by atoms with van der Waals surface area (Å²) in [6.07, 6.45) is 1.63. The molecule has 4 rings (SSSR count). The average molecular weight is 569 g/mol. The highest BCUT2D eigenvalue weighted by Crippen LogP contribution is 2.30. The zero-order chi connectivity index (χ0) is 25.9. The van der Waals surface area contributed by atoms with Crippen molar-refractivity contribution < 1.29 is 9.47 Å². The summed E-state index contributed by atoms with van der Waals surface area (Å²) in [6, 6.07) is 18.5. The van der Waals surface area contributed by atoms with Gasteiger partial charge in [0.1, 0.15) is 12.4 Å². The average Bonchev–Trinajstić information content (AvgIpc) is 2.83. The molecule has 0 aliphatic heterocycles. The molecule has 6 nitrogen and oxygen atoms in total. The number of aromatic nitrogens is 2. The van der Waals surface area contributed by atoms with E-state index in [2.05, 4.69) is 21.0 Å². The van der Waals surface area contributed by atoms with E-state index in [4.69, 9.17) is 26.1 Å². The minimum atomic E-state index is -0.398. The molecule has 186 valence electrons. The zero-order valence-corrected chi connectivity index (χ0v) is 22.9. The van der Waals surface area contributed by atoms with E-state index in [1.54, 1.807) is 12.3 Å². The number of halogens is 2. The zero-order valence-electron chi connectivity index (χ0n) is 20.6. The summed E-state index contributed by atoms with van der Waals surface area (Å²) >= 11 is 9.69. The van der Waals surface area contributed by atoms with Gasteiger partial charge in [-0.15, -0.1) is 0 Å². The van der Waals surface area contributed by atoms with Gasteiger partial charge in [0.15, 0.2) is 11.5 Å². The molecule has 0 saturated heterocycles. The van der Waals surface area contributed by atoms with Crippen molar-refractivity contribution in [1.82, 2.24) is 9.66 Å². The lowest BCUT2D eigenvalue weighted by atomic mass is 9.95. The molecular formula is C28H27BrClN3O3. The van der Waals surface area contributed by atoms with Crippen LogP contribution in [0.15, 0.2) is 75.0 Å². The van der Waals surface area contributed by atoms with Crippen LogP contribution in [0.2, 0.25) is 5.02 Å². The lowest BCUT2D eigenvalue weighted by Crippen LogP contribution is -2.29. The van der Waals surface area contributed by atoms with Crippen molar-refractivity contribution in [3.8, 4) is 11.5 Å². The highest BCUT2D eigenvalue weighted by atomic mass is 79.9. The van der Waals surface area contributed by atoms with Gasteiger partial charge in [-0.3, -0.25) is 4.79 Å². The summed E-state index contributed by atoms with van der Waals surface area (Å²) in [6.45, 7) is 8.71. The number of rotatable bonds is 7. The summed E-state index contributed by atoms with van der Waals surface area (Å²) in [7, 11) is 0. The molecular weight excluding hydrogens is 542 g/mol. The molecule has 0 atom stereocenters. The summed E-state index contributed by atoms with van der Waals surface area (Å²) in [5.74, 6) is 1.75. The Bertz CT molecular complexity index is 1490. The van der Waals surface area contributed by atoms with E-state index in [1.807, 2.05) is 82.3 Å². The first-order valence-electron chi connectivity index (χ1n) is 11.6. The Labute approximate surface area is 223 Å². The number of hydrogen-bond acceptors (Lipinski definition) is 5. The molecule has 1 heterocycles. The molecule has 0 aliphatic carbocycles. The molecule has 0 fully saturated rings. The number of nitrogens with zero attached hydrogens (tertiary/aromatic N) is 3. The Morgan fingerprint density at radius 2 is 1.83 bits per heavy atom. The minimum Gasteiger partial charge on any atom is -0.490 e. The Morgan fingerprint density at radius 1 is 1.06 bits per heavy atom. The van der Waals surface area contributed by atoms with E-state index in [9.17, 15) is 4.79 Å².